The average molecular weight is 390 g/mol. The Balaban J connectivity index is 2.20. The quantitative estimate of drug-likeness (QED) is 0.636. The maximum absolute atomic E-state index is 12.4. The first-order chi connectivity index (χ1) is 12.8. The summed E-state index contributed by atoms with van der Waals surface area (Å²) in [4.78, 5) is 24.4. The van der Waals surface area contributed by atoms with Crippen LogP contribution < -0.4 is 10.0 Å². The minimum Gasteiger partial charge on any atom is -0.481 e. The number of sulfonamides is 1. The smallest absolute Gasteiger partial charge is 0.315 e. The molecule has 0 bridgehead atoms. The molecule has 8 heteroatoms. The Kier molecular flexibility index (Phi) is 6.35. The minimum atomic E-state index is -3.59. The van der Waals surface area contributed by atoms with Crippen molar-refractivity contribution in [2.75, 3.05) is 13.6 Å². The Bertz CT molecular complexity index is 911. The van der Waals surface area contributed by atoms with Crippen molar-refractivity contribution in [3.8, 4) is 0 Å². The average Bonchev–Trinajstić information content (AvgIpc) is 2.69. The highest BCUT2D eigenvalue weighted by Gasteiger charge is 2.39. The Morgan fingerprint density at radius 1 is 1.04 bits per heavy atom. The van der Waals surface area contributed by atoms with Crippen LogP contribution in [0.15, 0.2) is 59.5 Å². The number of rotatable bonds is 8. The van der Waals surface area contributed by atoms with E-state index in [1.54, 1.807) is 37.3 Å². The normalized spacial score (nSPS) is 13.6. The molecule has 0 saturated heterocycles. The van der Waals surface area contributed by atoms with Crippen LogP contribution in [0.25, 0.3) is 0 Å². The summed E-state index contributed by atoms with van der Waals surface area (Å²) in [5.74, 6) is -1.50. The summed E-state index contributed by atoms with van der Waals surface area (Å²) in [6, 6.07) is 14.2. The number of nitrogens with one attached hydrogen (secondary N) is 2. The first-order valence-electron chi connectivity index (χ1n) is 8.37. The fraction of sp³-hybridized carbons (Fsp3) is 0.263. The lowest BCUT2D eigenvalue weighted by Crippen LogP contribution is -2.46. The first kappa shape index (κ1) is 20.6. The number of hydrogen-bond acceptors (Lipinski definition) is 4. The van der Waals surface area contributed by atoms with Crippen molar-refractivity contribution >= 4 is 21.9 Å². The van der Waals surface area contributed by atoms with Crippen molar-refractivity contribution in [1.29, 1.82) is 0 Å². The molecule has 0 aliphatic heterocycles. The molecule has 0 aliphatic carbocycles. The zero-order valence-electron chi connectivity index (χ0n) is 15.1. The topological polar surface area (TPSA) is 113 Å². The maximum atomic E-state index is 12.4. The Hall–Kier alpha value is -2.71. The molecule has 1 atom stereocenters. The lowest BCUT2D eigenvalue weighted by Gasteiger charge is -2.29. The van der Waals surface area contributed by atoms with Gasteiger partial charge in [0.1, 0.15) is 5.41 Å². The van der Waals surface area contributed by atoms with E-state index < -0.39 is 27.3 Å². The molecule has 7 nitrogen and oxygen atoms in total. The summed E-state index contributed by atoms with van der Waals surface area (Å²) in [5.41, 5.74) is -0.393. The molecular weight excluding hydrogens is 368 g/mol. The SMILES string of the molecule is CCC(CNC(=O)c1ccc(S(=O)(=O)NC)cc1)(C(=O)O)c1ccccc1. The third-order valence-corrected chi connectivity index (χ3v) is 6.02. The maximum Gasteiger partial charge on any atom is 0.315 e. The van der Waals surface area contributed by atoms with E-state index in [0.29, 0.717) is 12.0 Å². The predicted molar refractivity (Wildman–Crippen MR) is 101 cm³/mol. The molecule has 0 radical (unpaired) electrons. The third-order valence-electron chi connectivity index (χ3n) is 4.59. The van der Waals surface area contributed by atoms with E-state index in [2.05, 4.69) is 10.0 Å². The van der Waals surface area contributed by atoms with Crippen LogP contribution in [0.2, 0.25) is 0 Å². The van der Waals surface area contributed by atoms with Crippen molar-refractivity contribution in [2.45, 2.75) is 23.7 Å². The molecule has 3 N–H and O–H groups in total. The van der Waals surface area contributed by atoms with E-state index in [9.17, 15) is 23.1 Å². The first-order valence-corrected chi connectivity index (χ1v) is 9.86. The van der Waals surface area contributed by atoms with Crippen LogP contribution in [0.5, 0.6) is 0 Å². The molecule has 144 valence electrons. The fourth-order valence-corrected chi connectivity index (χ4v) is 3.51. The van der Waals surface area contributed by atoms with Crippen molar-refractivity contribution in [3.63, 3.8) is 0 Å². The van der Waals surface area contributed by atoms with Crippen LogP contribution in [0, 0.1) is 0 Å². The van der Waals surface area contributed by atoms with Gasteiger partial charge in [0.15, 0.2) is 0 Å². The van der Waals surface area contributed by atoms with Crippen LogP contribution in [-0.2, 0) is 20.2 Å². The van der Waals surface area contributed by atoms with E-state index in [1.807, 2.05) is 0 Å². The van der Waals surface area contributed by atoms with Crippen molar-refractivity contribution in [1.82, 2.24) is 10.0 Å². The van der Waals surface area contributed by atoms with Gasteiger partial charge in [0.05, 0.1) is 4.90 Å². The molecule has 2 rings (SSSR count). The summed E-state index contributed by atoms with van der Waals surface area (Å²) in [6.07, 6.45) is 0.298. The second-order valence-corrected chi connectivity index (χ2v) is 7.91. The van der Waals surface area contributed by atoms with Crippen molar-refractivity contribution in [2.24, 2.45) is 0 Å². The van der Waals surface area contributed by atoms with E-state index in [1.165, 1.54) is 31.3 Å². The molecule has 2 aromatic rings. The number of benzene rings is 2. The largest absolute Gasteiger partial charge is 0.481 e. The Morgan fingerprint density at radius 3 is 2.11 bits per heavy atom. The molecule has 0 aliphatic rings. The van der Waals surface area contributed by atoms with Crippen molar-refractivity contribution < 1.29 is 23.1 Å². The van der Waals surface area contributed by atoms with Crippen LogP contribution in [0.4, 0.5) is 0 Å². The van der Waals surface area contributed by atoms with E-state index >= 15 is 0 Å². The highest BCUT2D eigenvalue weighted by atomic mass is 32.2. The Morgan fingerprint density at radius 2 is 1.63 bits per heavy atom. The number of aliphatic carboxylic acids is 1. The lowest BCUT2D eigenvalue weighted by molar-refractivity contribution is -0.143. The molecule has 0 aromatic heterocycles. The predicted octanol–water partition coefficient (Wildman–Crippen LogP) is 1.76. The van der Waals surface area contributed by atoms with Gasteiger partial charge in [0, 0.05) is 12.1 Å². The van der Waals surface area contributed by atoms with E-state index in [-0.39, 0.29) is 17.0 Å². The fourth-order valence-electron chi connectivity index (χ4n) is 2.78. The molecule has 0 fully saturated rings. The molecule has 27 heavy (non-hydrogen) atoms. The highest BCUT2D eigenvalue weighted by molar-refractivity contribution is 7.89. The third kappa shape index (κ3) is 4.35. The Labute approximate surface area is 158 Å². The zero-order valence-corrected chi connectivity index (χ0v) is 15.9. The number of amides is 1. The van der Waals surface area contributed by atoms with E-state index in [0.717, 1.165) is 0 Å². The van der Waals surface area contributed by atoms with Crippen LogP contribution in [0.3, 0.4) is 0 Å². The summed E-state index contributed by atoms with van der Waals surface area (Å²) >= 11 is 0. The molecule has 1 unspecified atom stereocenters. The van der Waals surface area contributed by atoms with Gasteiger partial charge in [-0.1, -0.05) is 37.3 Å². The second-order valence-electron chi connectivity index (χ2n) is 6.02. The minimum absolute atomic E-state index is 0.0410. The van der Waals surface area contributed by atoms with Crippen LogP contribution in [0.1, 0.15) is 29.3 Å². The van der Waals surface area contributed by atoms with Gasteiger partial charge in [-0.15, -0.1) is 0 Å². The number of carboxylic acid groups (broad SMARTS) is 1. The van der Waals surface area contributed by atoms with Gasteiger partial charge in [-0.2, -0.15) is 0 Å². The lowest BCUT2D eigenvalue weighted by atomic mass is 9.78. The summed E-state index contributed by atoms with van der Waals surface area (Å²) in [7, 11) is -2.29. The molecule has 2 aromatic carbocycles. The van der Waals surface area contributed by atoms with Gasteiger partial charge in [0.2, 0.25) is 10.0 Å². The number of carboxylic acids is 1. The van der Waals surface area contributed by atoms with Crippen molar-refractivity contribution in [3.05, 3.63) is 65.7 Å². The van der Waals surface area contributed by atoms with Gasteiger partial charge in [-0.3, -0.25) is 9.59 Å². The number of hydrogen-bond donors (Lipinski definition) is 3. The van der Waals surface area contributed by atoms with Crippen LogP contribution in [-0.4, -0.2) is 39.0 Å². The van der Waals surface area contributed by atoms with Gasteiger partial charge >= 0.3 is 5.97 Å². The van der Waals surface area contributed by atoms with Gasteiger partial charge in [-0.25, -0.2) is 13.1 Å². The van der Waals surface area contributed by atoms with E-state index in [4.69, 9.17) is 0 Å². The zero-order chi connectivity index (χ0) is 20.1. The highest BCUT2D eigenvalue weighted by Crippen LogP contribution is 2.28. The standard InChI is InChI=1S/C19H22N2O5S/c1-3-19(18(23)24,15-7-5-4-6-8-15)13-21-17(22)14-9-11-16(12-10-14)27(25,26)20-2/h4-12,20H,3,13H2,1-2H3,(H,21,22)(H,23,24). The summed E-state index contributed by atoms with van der Waals surface area (Å²) in [6.45, 7) is 1.67. The van der Waals surface area contributed by atoms with Gasteiger partial charge in [-0.05, 0) is 43.3 Å². The van der Waals surface area contributed by atoms with Gasteiger partial charge < -0.3 is 10.4 Å². The number of carbonyl (C=O) groups is 2. The summed E-state index contributed by atoms with van der Waals surface area (Å²) in [5, 5.41) is 12.4. The molecule has 0 saturated carbocycles. The number of carbonyl (C=O) groups excluding carboxylic acids is 1. The molecule has 0 spiro atoms. The second kappa shape index (κ2) is 8.32. The van der Waals surface area contributed by atoms with Gasteiger partial charge in [0.25, 0.3) is 5.91 Å². The molecular formula is C19H22N2O5S. The summed E-state index contributed by atoms with van der Waals surface area (Å²) < 4.78 is 25.7. The van der Waals surface area contributed by atoms with Crippen LogP contribution >= 0.6 is 0 Å². The molecule has 1 amide bonds. The molecule has 0 heterocycles. The monoisotopic (exact) mass is 390 g/mol.